The van der Waals surface area contributed by atoms with Gasteiger partial charge in [0.1, 0.15) is 5.75 Å². The van der Waals surface area contributed by atoms with Crippen LogP contribution in [0.15, 0.2) is 65.0 Å². The fourth-order valence-electron chi connectivity index (χ4n) is 3.39. The molecule has 0 aromatic heterocycles. The first kappa shape index (κ1) is 22.0. The van der Waals surface area contributed by atoms with Crippen LogP contribution in [0.1, 0.15) is 43.2 Å². The third-order valence-electron chi connectivity index (χ3n) is 5.18. The highest BCUT2D eigenvalue weighted by Gasteiger charge is 2.14. The summed E-state index contributed by atoms with van der Waals surface area (Å²) in [7, 11) is 1.70. The molecule has 1 fully saturated rings. The van der Waals surface area contributed by atoms with Crippen molar-refractivity contribution in [2.45, 2.75) is 44.8 Å². The lowest BCUT2D eigenvalue weighted by atomic mass is 9.91. The summed E-state index contributed by atoms with van der Waals surface area (Å²) in [6.45, 7) is 2.11. The van der Waals surface area contributed by atoms with Crippen LogP contribution in [0.3, 0.4) is 0 Å². The number of nitrogens with zero attached hydrogens (tertiary/aromatic N) is 1. The minimum absolute atomic E-state index is 0.845. The van der Waals surface area contributed by atoms with Crippen LogP contribution < -0.4 is 4.74 Å². The van der Waals surface area contributed by atoms with E-state index in [0.29, 0.717) is 0 Å². The molecule has 0 aliphatic heterocycles. The number of methoxy groups -OCH3 is 1. The minimum Gasteiger partial charge on any atom is -0.497 e. The number of ether oxygens (including phenoxy) is 1. The maximum atomic E-state index is 5.23. The predicted molar refractivity (Wildman–Crippen MR) is 131 cm³/mol. The Bertz CT molecular complexity index is 791. The van der Waals surface area contributed by atoms with E-state index in [4.69, 9.17) is 9.73 Å². The Balaban J connectivity index is 1.59. The number of aliphatic imine (C=N–C) groups is 1. The fourth-order valence-corrected chi connectivity index (χ4v) is 5.26. The average molecular weight is 426 g/mol. The van der Waals surface area contributed by atoms with E-state index in [9.17, 15) is 0 Å². The van der Waals surface area contributed by atoms with Gasteiger partial charge in [0.2, 0.25) is 0 Å². The number of rotatable bonds is 8. The molecule has 0 radical (unpaired) electrons. The summed E-state index contributed by atoms with van der Waals surface area (Å²) >= 11 is 3.72. The van der Waals surface area contributed by atoms with Gasteiger partial charge in [0.25, 0.3) is 0 Å². The van der Waals surface area contributed by atoms with Crippen molar-refractivity contribution >= 4 is 34.3 Å². The zero-order valence-electron chi connectivity index (χ0n) is 17.5. The maximum Gasteiger partial charge on any atom is 0.118 e. The summed E-state index contributed by atoms with van der Waals surface area (Å²) in [5.74, 6) is 3.88. The molecule has 0 N–H and O–H groups in total. The van der Waals surface area contributed by atoms with Crippen LogP contribution in [-0.4, -0.2) is 17.9 Å². The molecule has 3 rings (SSSR count). The van der Waals surface area contributed by atoms with Gasteiger partial charge in [-0.1, -0.05) is 49.1 Å². The molecule has 0 atom stereocenters. The molecule has 4 heteroatoms. The molecule has 0 saturated heterocycles. The summed E-state index contributed by atoms with van der Waals surface area (Å²) in [5.41, 5.74) is 3.60. The summed E-state index contributed by atoms with van der Waals surface area (Å²) < 4.78 is 5.23. The van der Waals surface area contributed by atoms with Crippen LogP contribution in [-0.2, 0) is 5.75 Å². The van der Waals surface area contributed by atoms with Gasteiger partial charge in [-0.25, -0.2) is 4.99 Å². The molecule has 1 aliphatic carbocycles. The Hall–Kier alpha value is -1.65. The second-order valence-corrected chi connectivity index (χ2v) is 9.50. The monoisotopic (exact) mass is 425 g/mol. The number of thioether (sulfide) groups is 2. The van der Waals surface area contributed by atoms with Crippen molar-refractivity contribution in [1.82, 2.24) is 0 Å². The maximum absolute atomic E-state index is 5.23. The first-order valence-electron chi connectivity index (χ1n) is 10.4. The SMILES string of the molecule is COc1ccc(CSC=CC(=Nc2ccc(C)cc2)SCC2CCCCC2)cc1. The Morgan fingerprint density at radius 2 is 1.76 bits per heavy atom. The minimum atomic E-state index is 0.845. The van der Waals surface area contributed by atoms with E-state index in [1.54, 1.807) is 7.11 Å². The summed E-state index contributed by atoms with van der Waals surface area (Å²) in [4.78, 5) is 4.91. The molecule has 0 unspecified atom stereocenters. The molecule has 0 spiro atoms. The third-order valence-corrected chi connectivity index (χ3v) is 7.17. The lowest BCUT2D eigenvalue weighted by Crippen LogP contribution is -2.09. The predicted octanol–water partition coefficient (Wildman–Crippen LogP) is 7.79. The molecule has 2 aromatic carbocycles. The second kappa shape index (κ2) is 12.1. The number of benzene rings is 2. The quantitative estimate of drug-likeness (QED) is 0.318. The molecule has 0 bridgehead atoms. The standard InChI is InChI=1S/C25H31NOS2/c1-20-8-12-23(13-9-20)26-25(29-19-21-6-4-3-5-7-21)16-17-28-18-22-10-14-24(27-2)15-11-22/h8-17,21H,3-7,18-19H2,1-2H3. The molecule has 1 aliphatic rings. The Morgan fingerprint density at radius 1 is 1.03 bits per heavy atom. The van der Waals surface area contributed by atoms with Gasteiger partial charge in [0.05, 0.1) is 17.8 Å². The first-order chi connectivity index (χ1) is 14.2. The van der Waals surface area contributed by atoms with Crippen LogP contribution in [0, 0.1) is 12.8 Å². The second-order valence-electron chi connectivity index (χ2n) is 7.56. The van der Waals surface area contributed by atoms with E-state index in [-0.39, 0.29) is 0 Å². The largest absolute Gasteiger partial charge is 0.497 e. The molecule has 1 saturated carbocycles. The average Bonchev–Trinajstić information content (AvgIpc) is 2.77. The van der Waals surface area contributed by atoms with Crippen LogP contribution in [0.5, 0.6) is 5.75 Å². The summed E-state index contributed by atoms with van der Waals surface area (Å²) in [5, 5.41) is 3.30. The zero-order chi connectivity index (χ0) is 20.3. The zero-order valence-corrected chi connectivity index (χ0v) is 19.1. The molecule has 0 amide bonds. The van der Waals surface area contributed by atoms with E-state index in [2.05, 4.69) is 54.8 Å². The topological polar surface area (TPSA) is 21.6 Å². The lowest BCUT2D eigenvalue weighted by Gasteiger charge is -2.20. The highest BCUT2D eigenvalue weighted by Crippen LogP contribution is 2.28. The van der Waals surface area contributed by atoms with Crippen molar-refractivity contribution in [3.8, 4) is 5.75 Å². The van der Waals surface area contributed by atoms with E-state index >= 15 is 0 Å². The molecule has 2 aromatic rings. The molecule has 2 nitrogen and oxygen atoms in total. The Labute approximate surface area is 184 Å². The highest BCUT2D eigenvalue weighted by molar-refractivity contribution is 8.14. The summed E-state index contributed by atoms with van der Waals surface area (Å²) in [6.07, 6.45) is 9.13. The van der Waals surface area contributed by atoms with Crippen molar-refractivity contribution in [2.75, 3.05) is 12.9 Å². The third kappa shape index (κ3) is 7.94. The van der Waals surface area contributed by atoms with Gasteiger partial charge < -0.3 is 4.74 Å². The summed E-state index contributed by atoms with van der Waals surface area (Å²) in [6, 6.07) is 16.8. The first-order valence-corrected chi connectivity index (χ1v) is 12.5. The highest BCUT2D eigenvalue weighted by atomic mass is 32.2. The van der Waals surface area contributed by atoms with Gasteiger partial charge in [0.15, 0.2) is 0 Å². The van der Waals surface area contributed by atoms with Crippen LogP contribution in [0.4, 0.5) is 5.69 Å². The van der Waals surface area contributed by atoms with Crippen LogP contribution in [0.25, 0.3) is 0 Å². The Morgan fingerprint density at radius 3 is 2.45 bits per heavy atom. The molecule has 29 heavy (non-hydrogen) atoms. The fraction of sp³-hybridized carbons (Fsp3) is 0.400. The normalized spacial score (nSPS) is 15.7. The number of hydrogen-bond donors (Lipinski definition) is 0. The van der Waals surface area contributed by atoms with E-state index < -0.39 is 0 Å². The van der Waals surface area contributed by atoms with E-state index in [1.807, 2.05) is 35.7 Å². The van der Waals surface area contributed by atoms with Crippen molar-refractivity contribution in [3.05, 3.63) is 71.1 Å². The number of hydrogen-bond acceptors (Lipinski definition) is 4. The van der Waals surface area contributed by atoms with Gasteiger partial charge in [-0.15, -0.1) is 23.5 Å². The molecule has 0 heterocycles. The van der Waals surface area contributed by atoms with Crippen molar-refractivity contribution in [3.63, 3.8) is 0 Å². The molecular formula is C25H31NOS2. The van der Waals surface area contributed by atoms with E-state index in [1.165, 1.54) is 49.0 Å². The van der Waals surface area contributed by atoms with Gasteiger partial charge in [0, 0.05) is 11.5 Å². The van der Waals surface area contributed by atoms with E-state index in [0.717, 1.165) is 28.2 Å². The molecule has 154 valence electrons. The van der Waals surface area contributed by atoms with Gasteiger partial charge >= 0.3 is 0 Å². The van der Waals surface area contributed by atoms with Crippen molar-refractivity contribution in [2.24, 2.45) is 10.9 Å². The van der Waals surface area contributed by atoms with Crippen LogP contribution in [0.2, 0.25) is 0 Å². The molecular weight excluding hydrogens is 394 g/mol. The van der Waals surface area contributed by atoms with Crippen molar-refractivity contribution < 1.29 is 4.74 Å². The van der Waals surface area contributed by atoms with Gasteiger partial charge in [-0.3, -0.25) is 0 Å². The van der Waals surface area contributed by atoms with Gasteiger partial charge in [-0.05, 0) is 67.0 Å². The number of aryl methyl sites for hydroxylation is 1. The lowest BCUT2D eigenvalue weighted by molar-refractivity contribution is 0.391. The Kier molecular flexibility index (Phi) is 9.23. The smallest absolute Gasteiger partial charge is 0.118 e. The van der Waals surface area contributed by atoms with Crippen LogP contribution >= 0.6 is 23.5 Å². The van der Waals surface area contributed by atoms with Crippen molar-refractivity contribution in [1.29, 1.82) is 0 Å². The van der Waals surface area contributed by atoms with Gasteiger partial charge in [-0.2, -0.15) is 0 Å².